The fourth-order valence-corrected chi connectivity index (χ4v) is 2.04. The number of thiol groups is 1. The summed E-state index contributed by atoms with van der Waals surface area (Å²) in [6.45, 7) is -0.573. The van der Waals surface area contributed by atoms with Gasteiger partial charge < -0.3 is 20.8 Å². The Morgan fingerprint density at radius 2 is 1.86 bits per heavy atom. The third-order valence-electron chi connectivity index (χ3n) is 2.26. The van der Waals surface area contributed by atoms with E-state index in [9.17, 15) is 19.2 Å². The molecule has 21 heavy (non-hydrogen) atoms. The highest BCUT2D eigenvalue weighted by Gasteiger charge is 2.22. The summed E-state index contributed by atoms with van der Waals surface area (Å²) in [6.07, 6.45) is -0.404. The lowest BCUT2D eigenvalue weighted by atomic mass is 10.1. The highest BCUT2D eigenvalue weighted by Crippen LogP contribution is 2.07. The Labute approximate surface area is 129 Å². The van der Waals surface area contributed by atoms with E-state index >= 15 is 0 Å². The van der Waals surface area contributed by atoms with Crippen molar-refractivity contribution in [2.24, 2.45) is 0 Å². The Kier molecular flexibility index (Phi) is 9.58. The predicted molar refractivity (Wildman–Crippen MR) is 77.8 cm³/mol. The summed E-state index contributed by atoms with van der Waals surface area (Å²) in [5.41, 5.74) is 7.14. The molecule has 5 N–H and O–H groups in total. The molecule has 0 rings (SSSR count). The summed E-state index contributed by atoms with van der Waals surface area (Å²) < 4.78 is 0. The molecule has 2 amide bonds. The number of rotatable bonds is 10. The van der Waals surface area contributed by atoms with Crippen molar-refractivity contribution in [1.82, 2.24) is 16.4 Å². The zero-order chi connectivity index (χ0) is 16.4. The lowest BCUT2D eigenvalue weighted by Crippen LogP contribution is -2.49. The molecule has 0 heterocycles. The second-order valence-electron chi connectivity index (χ2n) is 3.96. The van der Waals surface area contributed by atoms with Gasteiger partial charge in [0, 0.05) is 12.2 Å². The van der Waals surface area contributed by atoms with Gasteiger partial charge in [0.15, 0.2) is 0 Å². The quantitative estimate of drug-likeness (QED) is 0.246. The maximum Gasteiger partial charge on any atom is 0.322 e. The van der Waals surface area contributed by atoms with E-state index in [1.165, 1.54) is 0 Å². The lowest BCUT2D eigenvalue weighted by molar-refractivity contribution is -0.139. The average Bonchev–Trinajstić information content (AvgIpc) is 2.41. The number of carbonyl (C=O) groups excluding carboxylic acids is 2. The van der Waals surface area contributed by atoms with E-state index in [0.29, 0.717) is 0 Å². The summed E-state index contributed by atoms with van der Waals surface area (Å²) in [7, 11) is 0.984. The smallest absolute Gasteiger partial charge is 0.322 e. The summed E-state index contributed by atoms with van der Waals surface area (Å²) in [5.74, 6) is -3.70. The molecule has 0 aromatic rings. The predicted octanol–water partition coefficient (Wildman–Crippen LogP) is -1.23. The van der Waals surface area contributed by atoms with Gasteiger partial charge in [-0.15, -0.1) is 11.7 Å². The first-order chi connectivity index (χ1) is 9.77. The van der Waals surface area contributed by atoms with Gasteiger partial charge in [0.05, 0.1) is 0 Å². The molecule has 0 aromatic heterocycles. The van der Waals surface area contributed by atoms with E-state index in [0.717, 1.165) is 10.8 Å². The normalized spacial score (nSPS) is 13.0. The largest absolute Gasteiger partial charge is 0.480 e. The van der Waals surface area contributed by atoms with Crippen LogP contribution in [0.15, 0.2) is 0 Å². The minimum absolute atomic E-state index is 0.115. The van der Waals surface area contributed by atoms with Crippen molar-refractivity contribution in [3.63, 3.8) is 0 Å². The molecule has 0 bridgehead atoms. The van der Waals surface area contributed by atoms with E-state index in [1.54, 1.807) is 0 Å². The summed E-state index contributed by atoms with van der Waals surface area (Å²) in [5, 5.41) is 21.4. The van der Waals surface area contributed by atoms with E-state index < -0.39 is 42.4 Å². The number of amides is 2. The molecule has 0 aliphatic carbocycles. The van der Waals surface area contributed by atoms with Gasteiger partial charge in [0.25, 0.3) is 0 Å². The van der Waals surface area contributed by atoms with Crippen LogP contribution in [0.4, 0.5) is 0 Å². The van der Waals surface area contributed by atoms with Gasteiger partial charge in [-0.2, -0.15) is 0 Å². The summed E-state index contributed by atoms with van der Waals surface area (Å²) >= 11 is 3.86. The minimum atomic E-state index is -1.41. The Morgan fingerprint density at radius 1 is 1.24 bits per heavy atom. The van der Waals surface area contributed by atoms with Gasteiger partial charge >= 0.3 is 11.9 Å². The van der Waals surface area contributed by atoms with Crippen molar-refractivity contribution >= 4 is 46.2 Å². The van der Waals surface area contributed by atoms with Crippen LogP contribution in [0.25, 0.3) is 0 Å². The molecule has 2 unspecified atom stereocenters. The average molecular weight is 338 g/mol. The Morgan fingerprint density at radius 3 is 2.33 bits per heavy atom. The third kappa shape index (κ3) is 9.15. The van der Waals surface area contributed by atoms with Crippen molar-refractivity contribution in [3.05, 3.63) is 0 Å². The zero-order valence-corrected chi connectivity index (χ0v) is 12.6. The fourth-order valence-electron chi connectivity index (χ4n) is 1.21. The Balaban J connectivity index is 4.35. The van der Waals surface area contributed by atoms with Gasteiger partial charge in [0.1, 0.15) is 18.6 Å². The van der Waals surface area contributed by atoms with Crippen molar-refractivity contribution < 1.29 is 29.4 Å². The standard InChI is InChI=1S/C10H16N3O6S2/c11-5(10(18)19)1-2-7(14)13-6(4-21-20)9(17)12-3-8(15)16/h5-6,11,20H,1-4H2,(H,12,17)(H,13,14)(H,15,16)(H,18,19). The first-order valence-corrected chi connectivity index (χ1v) is 7.80. The summed E-state index contributed by atoms with van der Waals surface area (Å²) in [6, 6.07) is -2.39. The maximum atomic E-state index is 11.7. The number of carboxylic acid groups (broad SMARTS) is 2. The SMILES string of the molecule is [NH]C(CCC(=O)NC(CSS)C(=O)NCC(=O)O)C(=O)O. The molecule has 1 radical (unpaired) electrons. The molecule has 0 aromatic carbocycles. The van der Waals surface area contributed by atoms with Crippen molar-refractivity contribution in [1.29, 1.82) is 0 Å². The van der Waals surface area contributed by atoms with Crippen molar-refractivity contribution in [2.45, 2.75) is 24.9 Å². The highest BCUT2D eigenvalue weighted by molar-refractivity contribution is 8.68. The monoisotopic (exact) mass is 338 g/mol. The molecule has 0 aliphatic heterocycles. The molecular weight excluding hydrogens is 322 g/mol. The van der Waals surface area contributed by atoms with Crippen LogP contribution >= 0.6 is 22.5 Å². The van der Waals surface area contributed by atoms with Crippen LogP contribution in [-0.4, -0.2) is 58.3 Å². The fraction of sp³-hybridized carbons (Fsp3) is 0.600. The Bertz CT molecular complexity index is 406. The lowest BCUT2D eigenvalue weighted by Gasteiger charge is -2.17. The van der Waals surface area contributed by atoms with E-state index in [2.05, 4.69) is 22.3 Å². The van der Waals surface area contributed by atoms with E-state index in [1.807, 2.05) is 0 Å². The molecule has 0 spiro atoms. The van der Waals surface area contributed by atoms with Gasteiger partial charge in [0.2, 0.25) is 11.8 Å². The third-order valence-corrected chi connectivity index (χ3v) is 3.19. The van der Waals surface area contributed by atoms with Crippen LogP contribution in [0.1, 0.15) is 12.8 Å². The molecule has 9 nitrogen and oxygen atoms in total. The molecule has 0 fully saturated rings. The van der Waals surface area contributed by atoms with Crippen molar-refractivity contribution in [2.75, 3.05) is 12.3 Å². The van der Waals surface area contributed by atoms with Gasteiger partial charge in [-0.05, 0) is 6.42 Å². The van der Waals surface area contributed by atoms with Gasteiger partial charge in [-0.1, -0.05) is 10.8 Å². The van der Waals surface area contributed by atoms with Gasteiger partial charge in [-0.25, -0.2) is 5.73 Å². The topological polar surface area (TPSA) is 157 Å². The molecular formula is C10H16N3O6S2. The number of carboxylic acids is 2. The van der Waals surface area contributed by atoms with Crippen LogP contribution in [-0.2, 0) is 19.2 Å². The number of aliphatic carboxylic acids is 2. The molecule has 2 atom stereocenters. The Hall–Kier alpha value is -1.46. The number of hydrogen-bond acceptors (Lipinski definition) is 6. The maximum absolute atomic E-state index is 11.7. The molecule has 0 aliphatic rings. The van der Waals surface area contributed by atoms with E-state index in [-0.39, 0.29) is 18.6 Å². The second kappa shape index (κ2) is 10.3. The van der Waals surface area contributed by atoms with E-state index in [4.69, 9.17) is 15.9 Å². The molecule has 0 saturated carbocycles. The molecule has 0 saturated heterocycles. The zero-order valence-electron chi connectivity index (χ0n) is 10.9. The molecule has 119 valence electrons. The number of nitrogens with one attached hydrogen (secondary N) is 3. The van der Waals surface area contributed by atoms with Crippen molar-refractivity contribution in [3.8, 4) is 0 Å². The van der Waals surface area contributed by atoms with Gasteiger partial charge in [-0.3, -0.25) is 19.2 Å². The minimum Gasteiger partial charge on any atom is -0.480 e. The van der Waals surface area contributed by atoms with Crippen LogP contribution in [0, 0.1) is 0 Å². The van der Waals surface area contributed by atoms with Crippen LogP contribution < -0.4 is 16.4 Å². The summed E-state index contributed by atoms with van der Waals surface area (Å²) in [4.78, 5) is 44.0. The van der Waals surface area contributed by atoms with Crippen LogP contribution in [0.3, 0.4) is 0 Å². The highest BCUT2D eigenvalue weighted by atomic mass is 33.1. The van der Waals surface area contributed by atoms with Crippen LogP contribution in [0.5, 0.6) is 0 Å². The number of carbonyl (C=O) groups is 4. The van der Waals surface area contributed by atoms with Crippen LogP contribution in [0.2, 0.25) is 0 Å². The second-order valence-corrected chi connectivity index (χ2v) is 5.32. The first-order valence-electron chi connectivity index (χ1n) is 5.77. The number of hydrogen-bond donors (Lipinski definition) is 5. The molecule has 11 heteroatoms. The first kappa shape index (κ1) is 19.5.